The zero-order valence-corrected chi connectivity index (χ0v) is 14.2. The average molecular weight is 379 g/mol. The van der Waals surface area contributed by atoms with Crippen molar-refractivity contribution < 1.29 is 22.4 Å². The van der Waals surface area contributed by atoms with E-state index in [1.54, 1.807) is 12.3 Å². The van der Waals surface area contributed by atoms with E-state index in [0.29, 0.717) is 0 Å². The molecule has 3 rings (SSSR count). The van der Waals surface area contributed by atoms with Crippen molar-refractivity contribution in [1.82, 2.24) is 4.98 Å². The number of nitrogens with one attached hydrogen (secondary N) is 1. The minimum Gasteiger partial charge on any atom is -0.419 e. The summed E-state index contributed by atoms with van der Waals surface area (Å²) >= 11 is 1.38. The maximum Gasteiger partial charge on any atom is 0.273 e. The Morgan fingerprint density at radius 3 is 2.46 bits per heavy atom. The van der Waals surface area contributed by atoms with Crippen molar-refractivity contribution in [3.63, 3.8) is 0 Å². The zero-order valence-electron chi connectivity index (χ0n) is 13.3. The molecule has 5 nitrogen and oxygen atoms in total. The SMILES string of the molecule is CSc1ccc(F)c(Nc2oc(-c3c(F)cccc3F)nc2C(N)=O)c1. The number of benzene rings is 2. The fourth-order valence-corrected chi connectivity index (χ4v) is 2.67. The number of hydrogen-bond acceptors (Lipinski definition) is 5. The van der Waals surface area contributed by atoms with Crippen LogP contribution >= 0.6 is 11.8 Å². The van der Waals surface area contributed by atoms with Crippen LogP contribution in [0.5, 0.6) is 0 Å². The lowest BCUT2D eigenvalue weighted by Crippen LogP contribution is -2.13. The number of carbonyl (C=O) groups excluding carboxylic acids is 1. The highest BCUT2D eigenvalue weighted by atomic mass is 32.2. The van der Waals surface area contributed by atoms with E-state index in [1.165, 1.54) is 30.0 Å². The zero-order chi connectivity index (χ0) is 18.8. The number of rotatable bonds is 5. The number of nitrogens with zero attached hydrogens (tertiary/aromatic N) is 1. The first-order chi connectivity index (χ1) is 12.4. The summed E-state index contributed by atoms with van der Waals surface area (Å²) in [5.74, 6) is -4.27. The molecule has 3 aromatic rings. The first-order valence-electron chi connectivity index (χ1n) is 7.26. The molecule has 0 atom stereocenters. The van der Waals surface area contributed by atoms with E-state index in [4.69, 9.17) is 10.2 Å². The minimum atomic E-state index is -0.999. The Labute approximate surface area is 150 Å². The van der Waals surface area contributed by atoms with Gasteiger partial charge in [0.2, 0.25) is 11.8 Å². The van der Waals surface area contributed by atoms with Gasteiger partial charge in [0.05, 0.1) is 5.69 Å². The van der Waals surface area contributed by atoms with Crippen LogP contribution in [0.15, 0.2) is 45.7 Å². The Hall–Kier alpha value is -2.94. The lowest BCUT2D eigenvalue weighted by molar-refractivity contribution is 0.0996. The van der Waals surface area contributed by atoms with Gasteiger partial charge in [-0.05, 0) is 36.6 Å². The van der Waals surface area contributed by atoms with Crippen LogP contribution in [0.1, 0.15) is 10.5 Å². The summed E-state index contributed by atoms with van der Waals surface area (Å²) in [5.41, 5.74) is 4.28. The van der Waals surface area contributed by atoms with Crippen LogP contribution in [0.2, 0.25) is 0 Å². The van der Waals surface area contributed by atoms with Crippen LogP contribution in [0.3, 0.4) is 0 Å². The van der Waals surface area contributed by atoms with Gasteiger partial charge in [-0.25, -0.2) is 18.2 Å². The van der Waals surface area contributed by atoms with Crippen molar-refractivity contribution in [1.29, 1.82) is 0 Å². The standard InChI is InChI=1S/C17H12F3N3O2S/c1-26-8-5-6-9(18)12(7-8)22-17-14(15(21)24)23-16(25-17)13-10(19)3-2-4-11(13)20/h2-7,22H,1H3,(H2,21,24). The summed E-state index contributed by atoms with van der Waals surface area (Å²) in [4.78, 5) is 16.1. The summed E-state index contributed by atoms with van der Waals surface area (Å²) in [5, 5.41) is 2.56. The Balaban J connectivity index is 2.08. The number of amides is 1. The number of primary amides is 1. The molecule has 0 aliphatic rings. The number of aromatic nitrogens is 1. The van der Waals surface area contributed by atoms with Crippen molar-refractivity contribution >= 4 is 29.2 Å². The molecule has 0 aliphatic carbocycles. The molecule has 0 saturated carbocycles. The third-order valence-corrected chi connectivity index (χ3v) is 4.18. The van der Waals surface area contributed by atoms with Gasteiger partial charge in [0.25, 0.3) is 5.91 Å². The summed E-state index contributed by atoms with van der Waals surface area (Å²) in [7, 11) is 0. The molecule has 0 spiro atoms. The minimum absolute atomic E-state index is 0.00365. The topological polar surface area (TPSA) is 81.2 Å². The number of anilines is 2. The molecule has 0 saturated heterocycles. The fourth-order valence-electron chi connectivity index (χ4n) is 2.23. The molecule has 26 heavy (non-hydrogen) atoms. The van der Waals surface area contributed by atoms with Crippen LogP contribution in [0, 0.1) is 17.5 Å². The van der Waals surface area contributed by atoms with E-state index in [0.717, 1.165) is 17.0 Å². The summed E-state index contributed by atoms with van der Waals surface area (Å²) < 4.78 is 47.1. The van der Waals surface area contributed by atoms with E-state index in [9.17, 15) is 18.0 Å². The third kappa shape index (κ3) is 3.38. The Kier molecular flexibility index (Phi) is 4.90. The molecule has 0 unspecified atom stereocenters. The predicted molar refractivity (Wildman–Crippen MR) is 91.8 cm³/mol. The van der Waals surface area contributed by atoms with Gasteiger partial charge in [0.1, 0.15) is 23.0 Å². The van der Waals surface area contributed by atoms with Crippen LogP contribution in [0.25, 0.3) is 11.5 Å². The molecular formula is C17H12F3N3O2S. The van der Waals surface area contributed by atoms with Crippen LogP contribution in [0.4, 0.5) is 24.7 Å². The Morgan fingerprint density at radius 2 is 1.85 bits per heavy atom. The third-order valence-electron chi connectivity index (χ3n) is 3.46. The molecule has 9 heteroatoms. The van der Waals surface area contributed by atoms with Crippen LogP contribution < -0.4 is 11.1 Å². The van der Waals surface area contributed by atoms with E-state index < -0.39 is 40.5 Å². The molecule has 0 fully saturated rings. The Bertz CT molecular complexity index is 971. The van der Waals surface area contributed by atoms with Crippen molar-refractivity contribution in [3.05, 3.63) is 59.5 Å². The average Bonchev–Trinajstić information content (AvgIpc) is 3.00. The van der Waals surface area contributed by atoms with Gasteiger partial charge >= 0.3 is 0 Å². The second kappa shape index (κ2) is 7.12. The van der Waals surface area contributed by atoms with Crippen molar-refractivity contribution in [2.24, 2.45) is 5.73 Å². The summed E-state index contributed by atoms with van der Waals surface area (Å²) in [6, 6.07) is 7.49. The molecule has 3 N–H and O–H groups in total. The molecule has 1 amide bonds. The maximum atomic E-state index is 14.0. The lowest BCUT2D eigenvalue weighted by atomic mass is 10.2. The van der Waals surface area contributed by atoms with Gasteiger partial charge in [-0.1, -0.05) is 6.07 Å². The quantitative estimate of drug-likeness (QED) is 0.645. The second-order valence-corrected chi connectivity index (χ2v) is 6.01. The highest BCUT2D eigenvalue weighted by Crippen LogP contribution is 2.32. The van der Waals surface area contributed by atoms with Crippen molar-refractivity contribution in [2.75, 3.05) is 11.6 Å². The number of halogens is 3. The molecule has 1 heterocycles. The highest BCUT2D eigenvalue weighted by Gasteiger charge is 2.24. The van der Waals surface area contributed by atoms with E-state index in [2.05, 4.69) is 10.3 Å². The molecule has 134 valence electrons. The van der Waals surface area contributed by atoms with Gasteiger partial charge in [0, 0.05) is 4.90 Å². The number of nitrogens with two attached hydrogens (primary N) is 1. The maximum absolute atomic E-state index is 14.0. The summed E-state index contributed by atoms with van der Waals surface area (Å²) in [6.45, 7) is 0. The second-order valence-electron chi connectivity index (χ2n) is 5.13. The van der Waals surface area contributed by atoms with Gasteiger partial charge in [-0.3, -0.25) is 4.79 Å². The Morgan fingerprint density at radius 1 is 1.15 bits per heavy atom. The van der Waals surface area contributed by atoms with Gasteiger partial charge in [0.15, 0.2) is 5.69 Å². The smallest absolute Gasteiger partial charge is 0.273 e. The lowest BCUT2D eigenvalue weighted by Gasteiger charge is -2.07. The van der Waals surface area contributed by atoms with Crippen molar-refractivity contribution in [2.45, 2.75) is 4.90 Å². The molecule has 1 aromatic heterocycles. The number of thioether (sulfide) groups is 1. The number of hydrogen-bond donors (Lipinski definition) is 2. The first-order valence-corrected chi connectivity index (χ1v) is 8.48. The van der Waals surface area contributed by atoms with E-state index in [-0.39, 0.29) is 11.6 Å². The van der Waals surface area contributed by atoms with Gasteiger partial charge in [-0.2, -0.15) is 0 Å². The molecule has 0 bridgehead atoms. The van der Waals surface area contributed by atoms with Crippen LogP contribution in [-0.4, -0.2) is 17.1 Å². The highest BCUT2D eigenvalue weighted by molar-refractivity contribution is 7.98. The van der Waals surface area contributed by atoms with Crippen molar-refractivity contribution in [3.8, 4) is 11.5 Å². The number of carbonyl (C=O) groups is 1. The predicted octanol–water partition coefficient (Wildman–Crippen LogP) is 4.32. The fraction of sp³-hybridized carbons (Fsp3) is 0.0588. The largest absolute Gasteiger partial charge is 0.419 e. The first kappa shape index (κ1) is 17.9. The van der Waals surface area contributed by atoms with E-state index >= 15 is 0 Å². The summed E-state index contributed by atoms with van der Waals surface area (Å²) in [6.07, 6.45) is 1.80. The normalized spacial score (nSPS) is 10.8. The van der Waals surface area contributed by atoms with Gasteiger partial charge in [-0.15, -0.1) is 11.8 Å². The monoisotopic (exact) mass is 379 g/mol. The van der Waals surface area contributed by atoms with Crippen LogP contribution in [-0.2, 0) is 0 Å². The molecule has 0 radical (unpaired) electrons. The number of oxazole rings is 1. The molecular weight excluding hydrogens is 367 g/mol. The molecule has 0 aliphatic heterocycles. The van der Waals surface area contributed by atoms with E-state index in [1.807, 2.05) is 0 Å². The molecule has 2 aromatic carbocycles. The van der Waals surface area contributed by atoms with Gasteiger partial charge < -0.3 is 15.5 Å².